The van der Waals surface area contributed by atoms with E-state index in [4.69, 9.17) is 9.84 Å². The Morgan fingerprint density at radius 1 is 1.29 bits per heavy atom. The summed E-state index contributed by atoms with van der Waals surface area (Å²) in [6, 6.07) is 5.49. The highest BCUT2D eigenvalue weighted by atomic mass is 35.5. The number of aliphatic hydroxyl groups is 1. The fourth-order valence-corrected chi connectivity index (χ4v) is 2.53. The fraction of sp³-hybridized carbons (Fsp3) is 0.571. The first-order chi connectivity index (χ1) is 9.58. The van der Waals surface area contributed by atoms with Crippen LogP contribution in [0.1, 0.15) is 11.6 Å². The molecule has 2 N–H and O–H groups in total. The highest BCUT2D eigenvalue weighted by Crippen LogP contribution is 2.36. The normalized spacial score (nSPS) is 17.9. The zero-order valence-electron chi connectivity index (χ0n) is 11.9. The second kappa shape index (κ2) is 7.89. The van der Waals surface area contributed by atoms with Gasteiger partial charge in [-0.3, -0.25) is 4.90 Å². The van der Waals surface area contributed by atoms with Gasteiger partial charge < -0.3 is 15.2 Å². The molecular formula is C14H21ClF2N2O2. The Kier molecular flexibility index (Phi) is 6.80. The van der Waals surface area contributed by atoms with Crippen LogP contribution < -0.4 is 10.1 Å². The summed E-state index contributed by atoms with van der Waals surface area (Å²) in [4.78, 5) is 1.72. The van der Waals surface area contributed by atoms with Crippen LogP contribution >= 0.6 is 12.4 Å². The van der Waals surface area contributed by atoms with Crippen molar-refractivity contribution in [1.29, 1.82) is 0 Å². The summed E-state index contributed by atoms with van der Waals surface area (Å²) in [6.45, 7) is 1.26. The molecule has 0 unspecified atom stereocenters. The molecule has 4 nitrogen and oxygen atoms in total. The maximum atomic E-state index is 14.1. The van der Waals surface area contributed by atoms with Gasteiger partial charge in [0.15, 0.2) is 0 Å². The SMILES string of the molecule is COc1ccc([C@@H](N2CCNCC2)C(F)(F)CO)cc1.Cl. The van der Waals surface area contributed by atoms with E-state index in [1.807, 2.05) is 0 Å². The van der Waals surface area contributed by atoms with E-state index in [-0.39, 0.29) is 12.4 Å². The number of halogens is 3. The third-order valence-corrected chi connectivity index (χ3v) is 3.56. The van der Waals surface area contributed by atoms with E-state index in [1.54, 1.807) is 29.2 Å². The van der Waals surface area contributed by atoms with Gasteiger partial charge in [0.05, 0.1) is 7.11 Å². The van der Waals surface area contributed by atoms with Crippen molar-refractivity contribution in [3.63, 3.8) is 0 Å². The van der Waals surface area contributed by atoms with Crippen molar-refractivity contribution in [2.75, 3.05) is 39.9 Å². The number of alkyl halides is 2. The lowest BCUT2D eigenvalue weighted by molar-refractivity contribution is -0.118. The number of rotatable bonds is 5. The third kappa shape index (κ3) is 4.26. The number of nitrogens with one attached hydrogen (secondary N) is 1. The summed E-state index contributed by atoms with van der Waals surface area (Å²) in [5.41, 5.74) is 0.492. The molecule has 0 amide bonds. The van der Waals surface area contributed by atoms with Gasteiger partial charge in [-0.2, -0.15) is 0 Å². The van der Waals surface area contributed by atoms with Crippen molar-refractivity contribution in [2.45, 2.75) is 12.0 Å². The molecule has 1 aromatic rings. The van der Waals surface area contributed by atoms with Crippen LogP contribution in [0.15, 0.2) is 24.3 Å². The average molecular weight is 323 g/mol. The predicted molar refractivity (Wildman–Crippen MR) is 79.5 cm³/mol. The van der Waals surface area contributed by atoms with Crippen molar-refractivity contribution in [3.8, 4) is 5.75 Å². The van der Waals surface area contributed by atoms with Crippen LogP contribution in [0.4, 0.5) is 8.78 Å². The Morgan fingerprint density at radius 2 is 1.86 bits per heavy atom. The number of nitrogens with zero attached hydrogens (tertiary/aromatic N) is 1. The number of benzene rings is 1. The van der Waals surface area contributed by atoms with Crippen molar-refractivity contribution in [3.05, 3.63) is 29.8 Å². The number of ether oxygens (including phenoxy) is 1. The van der Waals surface area contributed by atoms with E-state index in [9.17, 15) is 8.78 Å². The highest BCUT2D eigenvalue weighted by molar-refractivity contribution is 5.85. The monoisotopic (exact) mass is 322 g/mol. The largest absolute Gasteiger partial charge is 0.497 e. The lowest BCUT2D eigenvalue weighted by Gasteiger charge is -2.38. The zero-order valence-corrected chi connectivity index (χ0v) is 12.7. The quantitative estimate of drug-likeness (QED) is 0.866. The van der Waals surface area contributed by atoms with Crippen molar-refractivity contribution < 1.29 is 18.6 Å². The minimum absolute atomic E-state index is 0. The maximum absolute atomic E-state index is 14.1. The van der Waals surface area contributed by atoms with E-state index in [0.717, 1.165) is 0 Å². The summed E-state index contributed by atoms with van der Waals surface area (Å²) in [7, 11) is 1.53. The van der Waals surface area contributed by atoms with E-state index < -0.39 is 18.6 Å². The third-order valence-electron chi connectivity index (χ3n) is 3.56. The average Bonchev–Trinajstić information content (AvgIpc) is 2.49. The smallest absolute Gasteiger partial charge is 0.289 e. The van der Waals surface area contributed by atoms with Gasteiger partial charge >= 0.3 is 0 Å². The number of piperazine rings is 1. The lowest BCUT2D eigenvalue weighted by atomic mass is 9.98. The lowest BCUT2D eigenvalue weighted by Crippen LogP contribution is -2.51. The molecule has 0 radical (unpaired) electrons. The molecule has 1 heterocycles. The van der Waals surface area contributed by atoms with E-state index >= 15 is 0 Å². The molecule has 1 aliphatic heterocycles. The fourth-order valence-electron chi connectivity index (χ4n) is 2.53. The zero-order chi connectivity index (χ0) is 14.6. The molecule has 1 fully saturated rings. The number of hydrogen-bond acceptors (Lipinski definition) is 4. The van der Waals surface area contributed by atoms with Crippen LogP contribution in [0.2, 0.25) is 0 Å². The summed E-state index contributed by atoms with van der Waals surface area (Å²) in [5, 5.41) is 12.2. The molecule has 0 aliphatic carbocycles. The molecule has 21 heavy (non-hydrogen) atoms. The van der Waals surface area contributed by atoms with E-state index in [1.165, 1.54) is 7.11 Å². The first kappa shape index (κ1) is 18.1. The molecule has 120 valence electrons. The van der Waals surface area contributed by atoms with Crippen LogP contribution in [0.25, 0.3) is 0 Å². The second-order valence-electron chi connectivity index (χ2n) is 4.88. The van der Waals surface area contributed by atoms with Crippen molar-refractivity contribution >= 4 is 12.4 Å². The van der Waals surface area contributed by atoms with Crippen LogP contribution in [-0.4, -0.2) is 55.8 Å². The van der Waals surface area contributed by atoms with Gasteiger partial charge in [-0.05, 0) is 17.7 Å². The van der Waals surface area contributed by atoms with E-state index in [0.29, 0.717) is 37.5 Å². The van der Waals surface area contributed by atoms with Crippen LogP contribution in [-0.2, 0) is 0 Å². The van der Waals surface area contributed by atoms with Gasteiger partial charge in [0.1, 0.15) is 18.4 Å². The molecular weight excluding hydrogens is 302 g/mol. The van der Waals surface area contributed by atoms with Gasteiger partial charge in [0.2, 0.25) is 0 Å². The molecule has 0 aromatic heterocycles. The Hall–Kier alpha value is -0.950. The van der Waals surface area contributed by atoms with Gasteiger partial charge in [-0.15, -0.1) is 12.4 Å². The number of hydrogen-bond donors (Lipinski definition) is 2. The molecule has 0 bridgehead atoms. The first-order valence-corrected chi connectivity index (χ1v) is 6.66. The Balaban J connectivity index is 0.00000220. The Bertz CT molecular complexity index is 425. The molecule has 1 aliphatic rings. The van der Waals surface area contributed by atoms with Gasteiger partial charge in [0.25, 0.3) is 5.92 Å². The Morgan fingerprint density at radius 3 is 2.33 bits per heavy atom. The van der Waals surface area contributed by atoms with E-state index in [2.05, 4.69) is 5.32 Å². The standard InChI is InChI=1S/C14H20F2N2O2.ClH/c1-20-12-4-2-11(3-5-12)13(14(15,16)10-19)18-8-6-17-7-9-18;/h2-5,13,17,19H,6-10H2,1H3;1H/t13-;/m1./s1. The molecule has 2 rings (SSSR count). The summed E-state index contributed by atoms with van der Waals surface area (Å²) < 4.78 is 33.3. The van der Waals surface area contributed by atoms with Crippen LogP contribution in [0.5, 0.6) is 5.75 Å². The molecule has 1 saturated heterocycles. The summed E-state index contributed by atoms with van der Waals surface area (Å²) in [5.74, 6) is -2.55. The molecule has 1 atom stereocenters. The first-order valence-electron chi connectivity index (χ1n) is 6.66. The van der Waals surface area contributed by atoms with Crippen molar-refractivity contribution in [1.82, 2.24) is 10.2 Å². The van der Waals surface area contributed by atoms with Gasteiger partial charge in [-0.1, -0.05) is 12.1 Å². The molecule has 7 heteroatoms. The summed E-state index contributed by atoms with van der Waals surface area (Å²) >= 11 is 0. The number of methoxy groups -OCH3 is 1. The molecule has 1 aromatic carbocycles. The summed E-state index contributed by atoms with van der Waals surface area (Å²) in [6.07, 6.45) is 0. The number of aliphatic hydroxyl groups excluding tert-OH is 1. The molecule has 0 spiro atoms. The topological polar surface area (TPSA) is 44.7 Å². The highest BCUT2D eigenvalue weighted by Gasteiger charge is 2.43. The van der Waals surface area contributed by atoms with Gasteiger partial charge in [-0.25, -0.2) is 8.78 Å². The van der Waals surface area contributed by atoms with Crippen LogP contribution in [0, 0.1) is 0 Å². The van der Waals surface area contributed by atoms with Gasteiger partial charge in [0, 0.05) is 26.2 Å². The second-order valence-corrected chi connectivity index (χ2v) is 4.88. The maximum Gasteiger partial charge on any atom is 0.289 e. The predicted octanol–water partition coefficient (Wildman–Crippen LogP) is 1.69. The van der Waals surface area contributed by atoms with Crippen LogP contribution in [0.3, 0.4) is 0 Å². The van der Waals surface area contributed by atoms with Crippen molar-refractivity contribution in [2.24, 2.45) is 0 Å². The minimum Gasteiger partial charge on any atom is -0.497 e. The minimum atomic E-state index is -3.17. The Labute approximate surface area is 129 Å². The molecule has 0 saturated carbocycles.